The molecule has 0 aromatic heterocycles. The summed E-state index contributed by atoms with van der Waals surface area (Å²) in [6.45, 7) is 0.249. The van der Waals surface area contributed by atoms with Gasteiger partial charge in [-0.2, -0.15) is 0 Å². The molecule has 0 aliphatic carbocycles. The minimum Gasteiger partial charge on any atom is -0.506 e. The van der Waals surface area contributed by atoms with Crippen molar-refractivity contribution in [3.05, 3.63) is 53.1 Å². The molecule has 0 bridgehead atoms. The number of amides is 3. The van der Waals surface area contributed by atoms with Crippen LogP contribution in [0.1, 0.15) is 23.2 Å². The molecule has 28 heavy (non-hydrogen) atoms. The Morgan fingerprint density at radius 1 is 1.21 bits per heavy atom. The monoisotopic (exact) mass is 399 g/mol. The van der Waals surface area contributed by atoms with Gasteiger partial charge in [-0.3, -0.25) is 14.4 Å². The van der Waals surface area contributed by atoms with E-state index in [9.17, 15) is 19.5 Å². The van der Waals surface area contributed by atoms with Crippen LogP contribution >= 0.6 is 11.6 Å². The van der Waals surface area contributed by atoms with E-state index in [1.165, 1.54) is 23.1 Å². The number of anilines is 2. The second kappa shape index (κ2) is 7.16. The van der Waals surface area contributed by atoms with Crippen LogP contribution in [0, 0.1) is 0 Å². The van der Waals surface area contributed by atoms with Gasteiger partial charge in [-0.05, 0) is 43.2 Å². The smallest absolute Gasteiger partial charge is 0.256 e. The van der Waals surface area contributed by atoms with E-state index in [4.69, 9.17) is 11.6 Å². The van der Waals surface area contributed by atoms with E-state index in [1.807, 2.05) is 0 Å². The van der Waals surface area contributed by atoms with Crippen LogP contribution in [0.2, 0.25) is 5.02 Å². The van der Waals surface area contributed by atoms with E-state index in [0.29, 0.717) is 29.2 Å². The average Bonchev–Trinajstić information content (AvgIpc) is 3.15. The number of rotatable bonds is 3. The van der Waals surface area contributed by atoms with E-state index < -0.39 is 11.9 Å². The second-order valence-electron chi connectivity index (χ2n) is 6.81. The minimum absolute atomic E-state index is 0.127. The zero-order chi connectivity index (χ0) is 19.8. The number of phenols is 1. The van der Waals surface area contributed by atoms with Crippen molar-refractivity contribution >= 4 is 40.7 Å². The predicted octanol–water partition coefficient (Wildman–Crippen LogP) is 2.64. The normalized spacial score (nSPS) is 18.5. The fraction of sp³-hybridized carbons (Fsp3) is 0.250. The van der Waals surface area contributed by atoms with Gasteiger partial charge in [0.05, 0.1) is 16.9 Å². The Morgan fingerprint density at radius 2 is 2.00 bits per heavy atom. The number of phenolic OH excluding ortho intramolecular Hbond substituents is 1. The summed E-state index contributed by atoms with van der Waals surface area (Å²) in [5.74, 6) is -1.10. The Kier molecular flexibility index (Phi) is 4.68. The molecule has 2 N–H and O–H groups in total. The van der Waals surface area contributed by atoms with E-state index >= 15 is 0 Å². The first-order chi connectivity index (χ1) is 13.5. The molecule has 0 saturated carbocycles. The number of nitrogens with zero attached hydrogens (tertiary/aromatic N) is 2. The van der Waals surface area contributed by atoms with Gasteiger partial charge in [0.2, 0.25) is 11.8 Å². The lowest BCUT2D eigenvalue weighted by Gasteiger charge is -2.25. The first-order valence-electron chi connectivity index (χ1n) is 8.95. The minimum atomic E-state index is -0.563. The van der Waals surface area contributed by atoms with Crippen molar-refractivity contribution in [3.63, 3.8) is 0 Å². The van der Waals surface area contributed by atoms with Crippen molar-refractivity contribution in [2.45, 2.75) is 18.9 Å². The number of nitrogens with one attached hydrogen (secondary N) is 1. The third-order valence-corrected chi connectivity index (χ3v) is 5.26. The van der Waals surface area contributed by atoms with Crippen LogP contribution in [0.5, 0.6) is 5.75 Å². The highest BCUT2D eigenvalue weighted by molar-refractivity contribution is 6.31. The molecule has 1 fully saturated rings. The molecule has 7 nitrogen and oxygen atoms in total. The van der Waals surface area contributed by atoms with Crippen LogP contribution in [0.4, 0.5) is 11.4 Å². The molecule has 4 rings (SSSR count). The third kappa shape index (κ3) is 3.18. The standard InChI is InChI=1S/C20H18ClN3O4/c21-12-7-8-17(25)14(10-12)22-18(26)11-24-15-5-2-1-4-13(15)19(27)23-9-3-6-16(23)20(24)28/h1-2,4-5,7-8,10,16,25H,3,6,9,11H2,(H,22,26). The van der Waals surface area contributed by atoms with Crippen molar-refractivity contribution in [1.29, 1.82) is 0 Å². The molecule has 0 radical (unpaired) electrons. The highest BCUT2D eigenvalue weighted by Crippen LogP contribution is 2.32. The maximum Gasteiger partial charge on any atom is 0.256 e. The molecule has 2 aromatic rings. The van der Waals surface area contributed by atoms with Crippen molar-refractivity contribution in [2.75, 3.05) is 23.3 Å². The largest absolute Gasteiger partial charge is 0.506 e. The Balaban J connectivity index is 1.64. The molecule has 2 heterocycles. The summed E-state index contributed by atoms with van der Waals surface area (Å²) in [4.78, 5) is 41.6. The van der Waals surface area contributed by atoms with Crippen LogP contribution in [0.3, 0.4) is 0 Å². The second-order valence-corrected chi connectivity index (χ2v) is 7.24. The van der Waals surface area contributed by atoms with Crippen LogP contribution in [0.15, 0.2) is 42.5 Å². The highest BCUT2D eigenvalue weighted by Gasteiger charge is 2.42. The molecule has 144 valence electrons. The molecule has 0 spiro atoms. The molecule has 2 aliphatic heterocycles. The molecule has 2 aliphatic rings. The van der Waals surface area contributed by atoms with Crippen molar-refractivity contribution in [3.8, 4) is 5.75 Å². The zero-order valence-electron chi connectivity index (χ0n) is 14.9. The fourth-order valence-electron chi connectivity index (χ4n) is 3.71. The number of carbonyl (C=O) groups is 3. The molecule has 1 unspecified atom stereocenters. The maximum atomic E-state index is 13.1. The van der Waals surface area contributed by atoms with Gasteiger partial charge in [0.15, 0.2) is 0 Å². The SMILES string of the molecule is O=C(CN1C(=O)C2CCCN2C(=O)c2ccccc21)Nc1cc(Cl)ccc1O. The first kappa shape index (κ1) is 18.3. The van der Waals surface area contributed by atoms with Crippen LogP contribution in [-0.4, -0.2) is 46.9 Å². The summed E-state index contributed by atoms with van der Waals surface area (Å²) in [6.07, 6.45) is 1.33. The summed E-state index contributed by atoms with van der Waals surface area (Å²) >= 11 is 5.91. The Labute approximate surface area is 166 Å². The number of hydrogen-bond acceptors (Lipinski definition) is 4. The lowest BCUT2D eigenvalue weighted by molar-refractivity contribution is -0.124. The maximum absolute atomic E-state index is 13.1. The van der Waals surface area contributed by atoms with Gasteiger partial charge in [-0.1, -0.05) is 23.7 Å². The van der Waals surface area contributed by atoms with Gasteiger partial charge < -0.3 is 20.2 Å². The molecule has 1 saturated heterocycles. The van der Waals surface area contributed by atoms with Gasteiger partial charge in [-0.25, -0.2) is 0 Å². The third-order valence-electron chi connectivity index (χ3n) is 5.02. The van der Waals surface area contributed by atoms with Gasteiger partial charge >= 0.3 is 0 Å². The summed E-state index contributed by atoms with van der Waals surface area (Å²) in [5.41, 5.74) is 0.975. The van der Waals surface area contributed by atoms with E-state index in [1.54, 1.807) is 29.2 Å². The number of fused-ring (bicyclic) bond motifs is 2. The number of aromatic hydroxyl groups is 1. The van der Waals surface area contributed by atoms with Crippen LogP contribution in [0.25, 0.3) is 0 Å². The van der Waals surface area contributed by atoms with E-state index in [0.717, 1.165) is 6.42 Å². The molecule has 2 aromatic carbocycles. The molecular weight excluding hydrogens is 382 g/mol. The van der Waals surface area contributed by atoms with Gasteiger partial charge in [-0.15, -0.1) is 0 Å². The fourth-order valence-corrected chi connectivity index (χ4v) is 3.89. The molecular formula is C20H18ClN3O4. The molecule has 8 heteroatoms. The summed E-state index contributed by atoms with van der Waals surface area (Å²) in [6, 6.07) is 10.5. The topological polar surface area (TPSA) is 90.0 Å². The molecule has 1 atom stereocenters. The van der Waals surface area contributed by atoms with Gasteiger partial charge in [0, 0.05) is 11.6 Å². The lowest BCUT2D eigenvalue weighted by atomic mass is 10.1. The number of carbonyl (C=O) groups excluding carboxylic acids is 3. The first-order valence-corrected chi connectivity index (χ1v) is 9.33. The highest BCUT2D eigenvalue weighted by atomic mass is 35.5. The van der Waals surface area contributed by atoms with Crippen molar-refractivity contribution in [1.82, 2.24) is 4.90 Å². The number of halogens is 1. The number of para-hydroxylation sites is 1. The lowest BCUT2D eigenvalue weighted by Crippen LogP contribution is -2.47. The van der Waals surface area contributed by atoms with Crippen LogP contribution < -0.4 is 10.2 Å². The average molecular weight is 400 g/mol. The van der Waals surface area contributed by atoms with E-state index in [-0.39, 0.29) is 29.8 Å². The quantitative estimate of drug-likeness (QED) is 0.776. The van der Waals surface area contributed by atoms with Crippen LogP contribution in [-0.2, 0) is 9.59 Å². The summed E-state index contributed by atoms with van der Waals surface area (Å²) < 4.78 is 0. The van der Waals surface area contributed by atoms with Crippen molar-refractivity contribution in [2.24, 2.45) is 0 Å². The Morgan fingerprint density at radius 3 is 2.82 bits per heavy atom. The van der Waals surface area contributed by atoms with Crippen molar-refractivity contribution < 1.29 is 19.5 Å². The molecule has 3 amide bonds. The summed E-state index contributed by atoms with van der Waals surface area (Å²) in [7, 11) is 0. The Bertz CT molecular complexity index is 978. The Hall–Kier alpha value is -3.06. The van der Waals surface area contributed by atoms with Gasteiger partial charge in [0.25, 0.3) is 5.91 Å². The van der Waals surface area contributed by atoms with Gasteiger partial charge in [0.1, 0.15) is 18.3 Å². The van der Waals surface area contributed by atoms with E-state index in [2.05, 4.69) is 5.32 Å². The number of benzene rings is 2. The zero-order valence-corrected chi connectivity index (χ0v) is 15.6. The summed E-state index contributed by atoms with van der Waals surface area (Å²) in [5, 5.41) is 12.8. The number of hydrogen-bond donors (Lipinski definition) is 2. The predicted molar refractivity (Wildman–Crippen MR) is 105 cm³/mol.